The van der Waals surface area contributed by atoms with Gasteiger partial charge in [0.05, 0.1) is 11.7 Å². The second-order valence-corrected chi connectivity index (χ2v) is 5.84. The van der Waals surface area contributed by atoms with Crippen LogP contribution >= 0.6 is 0 Å². The largest absolute Gasteiger partial charge is 0.396 e. The van der Waals surface area contributed by atoms with E-state index < -0.39 is 6.10 Å². The first kappa shape index (κ1) is 16.4. The summed E-state index contributed by atoms with van der Waals surface area (Å²) in [6.07, 6.45) is 2.83. The fourth-order valence-electron chi connectivity index (χ4n) is 2.71. The summed E-state index contributed by atoms with van der Waals surface area (Å²) in [7, 11) is 0. The highest BCUT2D eigenvalue weighted by atomic mass is 16.3. The van der Waals surface area contributed by atoms with Gasteiger partial charge in [0.25, 0.3) is 5.91 Å². The molecular weight excluding hydrogens is 308 g/mol. The molecule has 24 heavy (non-hydrogen) atoms. The van der Waals surface area contributed by atoms with Gasteiger partial charge in [0.15, 0.2) is 0 Å². The number of β-amino-alcohol motifs (C(OH)–C–C–N with tert-alkyl or cyclic N) is 1. The van der Waals surface area contributed by atoms with Crippen molar-refractivity contribution < 1.29 is 15.0 Å². The van der Waals surface area contributed by atoms with Gasteiger partial charge in [-0.3, -0.25) is 4.79 Å². The summed E-state index contributed by atoms with van der Waals surface area (Å²) >= 11 is 0. The molecule has 126 valence electrons. The number of amides is 1. The fraction of sp³-hybridized carbons (Fsp3) is 0.353. The van der Waals surface area contributed by atoms with Crippen LogP contribution in [0.25, 0.3) is 0 Å². The number of benzene rings is 1. The van der Waals surface area contributed by atoms with Crippen LogP contribution in [0.5, 0.6) is 0 Å². The molecule has 2 atom stereocenters. The zero-order valence-electron chi connectivity index (χ0n) is 13.2. The van der Waals surface area contributed by atoms with Gasteiger partial charge in [0.1, 0.15) is 0 Å². The zero-order chi connectivity index (χ0) is 16.9. The van der Waals surface area contributed by atoms with Gasteiger partial charge in [0, 0.05) is 43.7 Å². The lowest BCUT2D eigenvalue weighted by molar-refractivity contribution is 0.000844. The maximum atomic E-state index is 12.5. The van der Waals surface area contributed by atoms with Crippen molar-refractivity contribution >= 4 is 17.5 Å². The van der Waals surface area contributed by atoms with Crippen LogP contribution < -0.4 is 5.32 Å². The summed E-state index contributed by atoms with van der Waals surface area (Å²) in [5.41, 5.74) is 1.24. The van der Waals surface area contributed by atoms with Crippen LogP contribution in [-0.2, 0) is 0 Å². The minimum atomic E-state index is -0.701. The molecule has 7 heteroatoms. The molecule has 1 aliphatic heterocycles. The third-order valence-electron chi connectivity index (χ3n) is 4.17. The van der Waals surface area contributed by atoms with Gasteiger partial charge in [-0.1, -0.05) is 18.2 Å². The first-order chi connectivity index (χ1) is 11.7. The first-order valence-electron chi connectivity index (χ1n) is 7.89. The molecule has 3 N–H and O–H groups in total. The molecule has 1 fully saturated rings. The molecule has 0 saturated carbocycles. The van der Waals surface area contributed by atoms with Crippen LogP contribution in [0.4, 0.5) is 11.6 Å². The average Bonchev–Trinajstić information content (AvgIpc) is 2.62. The van der Waals surface area contributed by atoms with E-state index in [2.05, 4.69) is 15.3 Å². The smallest absolute Gasteiger partial charge is 0.257 e. The summed E-state index contributed by atoms with van der Waals surface area (Å²) in [4.78, 5) is 22.4. The number of piperidine rings is 1. The van der Waals surface area contributed by atoms with Crippen LogP contribution in [0.2, 0.25) is 0 Å². The van der Waals surface area contributed by atoms with E-state index in [1.165, 1.54) is 12.4 Å². The normalized spacial score (nSPS) is 20.7. The monoisotopic (exact) mass is 328 g/mol. The predicted molar refractivity (Wildman–Crippen MR) is 88.9 cm³/mol. The van der Waals surface area contributed by atoms with Crippen molar-refractivity contribution in [3.05, 3.63) is 48.3 Å². The predicted octanol–water partition coefficient (Wildman–Crippen LogP) is 1.04. The highest BCUT2D eigenvalue weighted by Crippen LogP contribution is 2.19. The lowest BCUT2D eigenvalue weighted by atomic mass is 9.94. The van der Waals surface area contributed by atoms with Crippen molar-refractivity contribution in [1.29, 1.82) is 0 Å². The number of para-hydroxylation sites is 1. The number of carbonyl (C=O) groups is 1. The molecular formula is C17H20N4O3. The molecule has 2 aromatic rings. The van der Waals surface area contributed by atoms with Gasteiger partial charge in [-0.15, -0.1) is 0 Å². The average molecular weight is 328 g/mol. The zero-order valence-corrected chi connectivity index (χ0v) is 13.2. The number of likely N-dealkylation sites (tertiary alicyclic amines) is 1. The Kier molecular flexibility index (Phi) is 5.02. The third-order valence-corrected chi connectivity index (χ3v) is 4.17. The number of anilines is 2. The maximum absolute atomic E-state index is 12.5. The van der Waals surface area contributed by atoms with Crippen molar-refractivity contribution in [3.8, 4) is 0 Å². The van der Waals surface area contributed by atoms with E-state index in [0.29, 0.717) is 24.5 Å². The van der Waals surface area contributed by atoms with Crippen LogP contribution in [-0.4, -0.2) is 56.8 Å². The molecule has 1 aliphatic rings. The maximum Gasteiger partial charge on any atom is 0.257 e. The first-order valence-corrected chi connectivity index (χ1v) is 7.89. The molecule has 3 rings (SSSR count). The number of aliphatic hydroxyl groups is 2. The second kappa shape index (κ2) is 7.37. The fourth-order valence-corrected chi connectivity index (χ4v) is 2.71. The molecule has 0 bridgehead atoms. The van der Waals surface area contributed by atoms with Crippen molar-refractivity contribution in [2.24, 2.45) is 5.92 Å². The Morgan fingerprint density at radius 1 is 1.25 bits per heavy atom. The molecule has 2 heterocycles. The summed E-state index contributed by atoms with van der Waals surface area (Å²) < 4.78 is 0. The number of aliphatic hydroxyl groups excluding tert-OH is 2. The summed E-state index contributed by atoms with van der Waals surface area (Å²) in [5.74, 6) is 0.0382. The standard InChI is InChI=1S/C17H20N4O3/c22-11-12-6-7-21(10-15(12)23)16(24)13-8-18-17(19-9-13)20-14-4-2-1-3-5-14/h1-5,8-9,12,15,22-23H,6-7,10-11H2,(H,18,19,20)/t12-,15+/m1/s1. The Morgan fingerprint density at radius 3 is 2.58 bits per heavy atom. The Bertz CT molecular complexity index is 678. The van der Waals surface area contributed by atoms with Gasteiger partial charge < -0.3 is 20.4 Å². The van der Waals surface area contributed by atoms with Gasteiger partial charge >= 0.3 is 0 Å². The van der Waals surface area contributed by atoms with E-state index in [0.717, 1.165) is 5.69 Å². The summed E-state index contributed by atoms with van der Waals surface area (Å²) in [6.45, 7) is 0.658. The number of aromatic nitrogens is 2. The number of nitrogens with one attached hydrogen (secondary N) is 1. The minimum Gasteiger partial charge on any atom is -0.396 e. The topological polar surface area (TPSA) is 98.6 Å². The van der Waals surface area contributed by atoms with E-state index in [9.17, 15) is 9.90 Å². The molecule has 1 saturated heterocycles. The lowest BCUT2D eigenvalue weighted by Crippen LogP contribution is -2.47. The van der Waals surface area contributed by atoms with E-state index in [-0.39, 0.29) is 25.0 Å². The van der Waals surface area contributed by atoms with Gasteiger partial charge in [-0.2, -0.15) is 0 Å². The van der Waals surface area contributed by atoms with Crippen LogP contribution in [0, 0.1) is 5.92 Å². The number of hydrogen-bond acceptors (Lipinski definition) is 6. The summed E-state index contributed by atoms with van der Waals surface area (Å²) in [6, 6.07) is 9.52. The highest BCUT2D eigenvalue weighted by molar-refractivity contribution is 5.93. The molecule has 1 amide bonds. The summed E-state index contributed by atoms with van der Waals surface area (Å²) in [5, 5.41) is 22.2. The van der Waals surface area contributed by atoms with Crippen molar-refractivity contribution in [1.82, 2.24) is 14.9 Å². The Balaban J connectivity index is 1.64. The molecule has 0 spiro atoms. The number of rotatable bonds is 4. The number of nitrogens with zero attached hydrogens (tertiary/aromatic N) is 3. The van der Waals surface area contributed by atoms with Crippen LogP contribution in [0.15, 0.2) is 42.7 Å². The highest BCUT2D eigenvalue weighted by Gasteiger charge is 2.30. The van der Waals surface area contributed by atoms with E-state index in [1.807, 2.05) is 30.3 Å². The molecule has 0 unspecified atom stereocenters. The molecule has 7 nitrogen and oxygen atoms in total. The molecule has 1 aromatic heterocycles. The second-order valence-electron chi connectivity index (χ2n) is 5.84. The van der Waals surface area contributed by atoms with Crippen molar-refractivity contribution in [2.75, 3.05) is 25.0 Å². The lowest BCUT2D eigenvalue weighted by Gasteiger charge is -2.35. The van der Waals surface area contributed by atoms with Crippen molar-refractivity contribution in [3.63, 3.8) is 0 Å². The molecule has 0 aliphatic carbocycles. The van der Waals surface area contributed by atoms with Crippen LogP contribution in [0.3, 0.4) is 0 Å². The quantitative estimate of drug-likeness (QED) is 0.775. The van der Waals surface area contributed by atoms with E-state index >= 15 is 0 Å². The van der Waals surface area contributed by atoms with Gasteiger partial charge in [0.2, 0.25) is 5.95 Å². The molecule has 1 aromatic carbocycles. The third kappa shape index (κ3) is 3.69. The van der Waals surface area contributed by atoms with Crippen LogP contribution in [0.1, 0.15) is 16.8 Å². The van der Waals surface area contributed by atoms with Gasteiger partial charge in [-0.25, -0.2) is 9.97 Å². The Labute approximate surface area is 140 Å². The SMILES string of the molecule is O=C(c1cnc(Nc2ccccc2)nc1)N1CC[C@H](CO)[C@@H](O)C1. The minimum absolute atomic E-state index is 0.0633. The Hall–Kier alpha value is -2.51. The Morgan fingerprint density at radius 2 is 1.96 bits per heavy atom. The number of hydrogen-bond donors (Lipinski definition) is 3. The number of carbonyl (C=O) groups excluding carboxylic acids is 1. The van der Waals surface area contributed by atoms with Crippen molar-refractivity contribution in [2.45, 2.75) is 12.5 Å². The van der Waals surface area contributed by atoms with Gasteiger partial charge in [-0.05, 0) is 18.6 Å². The molecule has 0 radical (unpaired) electrons. The van der Waals surface area contributed by atoms with E-state index in [4.69, 9.17) is 5.11 Å². The van der Waals surface area contributed by atoms with E-state index in [1.54, 1.807) is 4.90 Å².